The molecule has 0 saturated heterocycles. The minimum absolute atomic E-state index is 0.485. The first kappa shape index (κ1) is 16.8. The molecule has 1 unspecified atom stereocenters. The molecule has 1 aliphatic carbocycles. The van der Waals surface area contributed by atoms with Gasteiger partial charge in [0, 0.05) is 12.6 Å². The van der Waals surface area contributed by atoms with E-state index < -0.39 is 12.1 Å². The van der Waals surface area contributed by atoms with E-state index in [4.69, 9.17) is 4.74 Å². The Morgan fingerprint density at radius 2 is 2.05 bits per heavy atom. The lowest BCUT2D eigenvalue weighted by Crippen LogP contribution is -2.27. The second-order valence-corrected chi connectivity index (χ2v) is 6.99. The first-order valence-electron chi connectivity index (χ1n) is 7.12. The molecule has 4 nitrogen and oxygen atoms in total. The predicted octanol–water partition coefficient (Wildman–Crippen LogP) is 4.10. The molecule has 0 aliphatic heterocycles. The largest absolute Gasteiger partial charge is 0.479 e. The van der Waals surface area contributed by atoms with Crippen molar-refractivity contribution in [3.05, 3.63) is 26.6 Å². The van der Waals surface area contributed by atoms with E-state index >= 15 is 0 Å². The van der Waals surface area contributed by atoms with Crippen molar-refractivity contribution in [1.29, 1.82) is 0 Å². The van der Waals surface area contributed by atoms with Gasteiger partial charge in [-0.1, -0.05) is 13.3 Å². The first-order valence-corrected chi connectivity index (χ1v) is 8.70. The van der Waals surface area contributed by atoms with Gasteiger partial charge in [-0.15, -0.1) is 0 Å². The van der Waals surface area contributed by atoms with Gasteiger partial charge in [-0.25, -0.2) is 4.79 Å². The van der Waals surface area contributed by atoms with Crippen molar-refractivity contribution in [3.63, 3.8) is 0 Å². The fourth-order valence-corrected chi connectivity index (χ4v) is 3.48. The minimum Gasteiger partial charge on any atom is -0.479 e. The summed E-state index contributed by atoms with van der Waals surface area (Å²) < 4.78 is 7.20. The van der Waals surface area contributed by atoms with Gasteiger partial charge >= 0.3 is 5.97 Å². The number of benzene rings is 1. The standard InChI is InChI=1S/C15H19Br2NO3/c1-2-3-13(15(19)20)21-14-11(16)6-9(7-12(14)17)8-18-10-4-5-10/h6-7,10,13,18H,2-5,8H2,1H3,(H,19,20). The third-order valence-corrected chi connectivity index (χ3v) is 4.49. The summed E-state index contributed by atoms with van der Waals surface area (Å²) in [6, 6.07) is 4.60. The zero-order valence-electron chi connectivity index (χ0n) is 11.9. The molecule has 1 atom stereocenters. The number of hydrogen-bond donors (Lipinski definition) is 2. The van der Waals surface area contributed by atoms with Crippen LogP contribution in [-0.4, -0.2) is 23.2 Å². The van der Waals surface area contributed by atoms with Crippen molar-refractivity contribution in [2.75, 3.05) is 0 Å². The molecule has 0 heterocycles. The van der Waals surface area contributed by atoms with Gasteiger partial charge in [0.05, 0.1) is 8.95 Å². The lowest BCUT2D eigenvalue weighted by molar-refractivity contribution is -0.145. The van der Waals surface area contributed by atoms with Gasteiger partial charge in [0.25, 0.3) is 0 Å². The maximum absolute atomic E-state index is 11.2. The number of carboxylic acid groups (broad SMARTS) is 1. The Labute approximate surface area is 141 Å². The summed E-state index contributed by atoms with van der Waals surface area (Å²) in [6.45, 7) is 2.75. The molecule has 1 fully saturated rings. The van der Waals surface area contributed by atoms with Gasteiger partial charge in [0.2, 0.25) is 0 Å². The van der Waals surface area contributed by atoms with Crippen molar-refractivity contribution in [2.24, 2.45) is 0 Å². The van der Waals surface area contributed by atoms with E-state index in [2.05, 4.69) is 37.2 Å². The highest BCUT2D eigenvalue weighted by molar-refractivity contribution is 9.11. The highest BCUT2D eigenvalue weighted by Crippen LogP contribution is 2.36. The number of carboxylic acids is 1. The highest BCUT2D eigenvalue weighted by atomic mass is 79.9. The fourth-order valence-electron chi connectivity index (χ4n) is 2.01. The molecule has 1 aromatic rings. The monoisotopic (exact) mass is 419 g/mol. The zero-order chi connectivity index (χ0) is 15.4. The molecule has 0 amide bonds. The average molecular weight is 421 g/mol. The second-order valence-electron chi connectivity index (χ2n) is 5.28. The van der Waals surface area contributed by atoms with Crippen LogP contribution in [0.25, 0.3) is 0 Å². The zero-order valence-corrected chi connectivity index (χ0v) is 15.0. The summed E-state index contributed by atoms with van der Waals surface area (Å²) in [7, 11) is 0. The van der Waals surface area contributed by atoms with Crippen LogP contribution in [0.2, 0.25) is 0 Å². The molecule has 1 aromatic carbocycles. The Bertz CT molecular complexity index is 495. The molecule has 2 rings (SSSR count). The molecular formula is C15H19Br2NO3. The topological polar surface area (TPSA) is 58.6 Å². The minimum atomic E-state index is -0.935. The molecule has 0 aromatic heterocycles. The smallest absolute Gasteiger partial charge is 0.344 e. The molecule has 0 bridgehead atoms. The van der Waals surface area contributed by atoms with E-state index in [0.717, 1.165) is 27.5 Å². The van der Waals surface area contributed by atoms with Gasteiger partial charge in [-0.3, -0.25) is 0 Å². The summed E-state index contributed by atoms with van der Waals surface area (Å²) in [5.41, 5.74) is 1.13. The van der Waals surface area contributed by atoms with Crippen LogP contribution in [0.4, 0.5) is 0 Å². The van der Waals surface area contributed by atoms with Crippen molar-refractivity contribution in [3.8, 4) is 5.75 Å². The number of carbonyl (C=O) groups is 1. The van der Waals surface area contributed by atoms with Crippen molar-refractivity contribution in [2.45, 2.75) is 51.3 Å². The van der Waals surface area contributed by atoms with E-state index in [-0.39, 0.29) is 0 Å². The number of aliphatic carboxylic acids is 1. The molecular weight excluding hydrogens is 402 g/mol. The summed E-state index contributed by atoms with van der Waals surface area (Å²) in [6.07, 6.45) is 2.93. The molecule has 1 saturated carbocycles. The first-order chi connectivity index (χ1) is 10.0. The van der Waals surface area contributed by atoms with Crippen LogP contribution >= 0.6 is 31.9 Å². The fraction of sp³-hybridized carbons (Fsp3) is 0.533. The van der Waals surface area contributed by atoms with Gasteiger partial charge in [0.1, 0.15) is 5.75 Å². The Hall–Kier alpha value is -0.590. The van der Waals surface area contributed by atoms with E-state index in [1.807, 2.05) is 19.1 Å². The lowest BCUT2D eigenvalue weighted by atomic mass is 10.2. The van der Waals surface area contributed by atoms with Crippen LogP contribution in [0.5, 0.6) is 5.75 Å². The SMILES string of the molecule is CCCC(Oc1c(Br)cc(CNC2CC2)cc1Br)C(=O)O. The molecule has 1 aliphatic rings. The maximum Gasteiger partial charge on any atom is 0.344 e. The molecule has 21 heavy (non-hydrogen) atoms. The number of rotatable bonds is 8. The Kier molecular flexibility index (Phi) is 6.08. The molecule has 2 N–H and O–H groups in total. The Morgan fingerprint density at radius 3 is 2.52 bits per heavy atom. The number of nitrogens with one attached hydrogen (secondary N) is 1. The Balaban J connectivity index is 2.09. The van der Waals surface area contributed by atoms with Crippen molar-refractivity contribution in [1.82, 2.24) is 5.32 Å². The van der Waals surface area contributed by atoms with E-state index in [9.17, 15) is 9.90 Å². The third-order valence-electron chi connectivity index (χ3n) is 3.32. The average Bonchev–Trinajstić information content (AvgIpc) is 3.23. The lowest BCUT2D eigenvalue weighted by Gasteiger charge is -2.17. The molecule has 116 valence electrons. The van der Waals surface area contributed by atoms with Gasteiger partial charge in [-0.2, -0.15) is 0 Å². The van der Waals surface area contributed by atoms with E-state index in [0.29, 0.717) is 18.2 Å². The summed E-state index contributed by atoms with van der Waals surface area (Å²) in [5, 5.41) is 12.6. The van der Waals surface area contributed by atoms with Crippen LogP contribution in [0.3, 0.4) is 0 Å². The Morgan fingerprint density at radius 1 is 1.43 bits per heavy atom. The second kappa shape index (κ2) is 7.61. The molecule has 0 spiro atoms. The summed E-state index contributed by atoms with van der Waals surface area (Å²) >= 11 is 6.95. The van der Waals surface area contributed by atoms with Crippen LogP contribution in [0, 0.1) is 0 Å². The van der Waals surface area contributed by atoms with Crippen molar-refractivity contribution >= 4 is 37.8 Å². The number of hydrogen-bond acceptors (Lipinski definition) is 3. The summed E-state index contributed by atoms with van der Waals surface area (Å²) in [5.74, 6) is -0.388. The highest BCUT2D eigenvalue weighted by Gasteiger charge is 2.22. The molecule has 0 radical (unpaired) electrons. The normalized spacial score (nSPS) is 15.8. The quantitative estimate of drug-likeness (QED) is 0.664. The van der Waals surface area contributed by atoms with Gasteiger partial charge in [0.15, 0.2) is 6.10 Å². The molecule has 6 heteroatoms. The number of ether oxygens (including phenoxy) is 1. The van der Waals surface area contributed by atoms with Crippen LogP contribution in [0.1, 0.15) is 38.2 Å². The third kappa shape index (κ3) is 4.97. The van der Waals surface area contributed by atoms with E-state index in [1.54, 1.807) is 0 Å². The van der Waals surface area contributed by atoms with E-state index in [1.165, 1.54) is 12.8 Å². The number of halogens is 2. The van der Waals surface area contributed by atoms with Crippen LogP contribution in [-0.2, 0) is 11.3 Å². The van der Waals surface area contributed by atoms with Crippen molar-refractivity contribution < 1.29 is 14.6 Å². The maximum atomic E-state index is 11.2. The predicted molar refractivity (Wildman–Crippen MR) is 88.7 cm³/mol. The van der Waals surface area contributed by atoms with Gasteiger partial charge in [-0.05, 0) is 68.8 Å². The van der Waals surface area contributed by atoms with Gasteiger partial charge < -0.3 is 15.2 Å². The summed E-state index contributed by atoms with van der Waals surface area (Å²) in [4.78, 5) is 11.2. The van der Waals surface area contributed by atoms with Crippen LogP contribution < -0.4 is 10.1 Å². The van der Waals surface area contributed by atoms with Crippen LogP contribution in [0.15, 0.2) is 21.1 Å².